The lowest BCUT2D eigenvalue weighted by Crippen LogP contribution is -2.12. The van der Waals surface area contributed by atoms with E-state index in [-0.39, 0.29) is 11.7 Å². The predicted molar refractivity (Wildman–Crippen MR) is 83.4 cm³/mol. The second-order valence-corrected chi connectivity index (χ2v) is 4.83. The molecule has 0 aliphatic carbocycles. The summed E-state index contributed by atoms with van der Waals surface area (Å²) >= 11 is 0. The average molecular weight is 284 g/mol. The van der Waals surface area contributed by atoms with E-state index >= 15 is 0 Å². The quantitative estimate of drug-likeness (QED) is 0.750. The maximum Gasteiger partial charge on any atom is 0.170 e. The second kappa shape index (κ2) is 6.93. The van der Waals surface area contributed by atoms with Crippen LogP contribution in [0.5, 0.6) is 11.5 Å². The molecule has 0 amide bonds. The first-order valence-corrected chi connectivity index (χ1v) is 7.01. The van der Waals surface area contributed by atoms with E-state index in [4.69, 9.17) is 9.47 Å². The number of Topliss-reactive ketones (excluding diaryl/α,β-unsaturated/α-hetero) is 1. The highest BCUT2D eigenvalue weighted by atomic mass is 16.5. The Labute approximate surface area is 125 Å². The summed E-state index contributed by atoms with van der Waals surface area (Å²) in [6.07, 6.45) is 0.761. The smallest absolute Gasteiger partial charge is 0.170 e. The van der Waals surface area contributed by atoms with Crippen molar-refractivity contribution < 1.29 is 14.3 Å². The van der Waals surface area contributed by atoms with Crippen LogP contribution in [0.15, 0.2) is 48.5 Å². The van der Waals surface area contributed by atoms with Crippen molar-refractivity contribution in [2.45, 2.75) is 19.3 Å². The lowest BCUT2D eigenvalue weighted by atomic mass is 9.88. The Morgan fingerprint density at radius 3 is 1.81 bits per heavy atom. The summed E-state index contributed by atoms with van der Waals surface area (Å²) in [6.45, 7) is 2.02. The van der Waals surface area contributed by atoms with Gasteiger partial charge in [0.1, 0.15) is 11.5 Å². The van der Waals surface area contributed by atoms with Gasteiger partial charge in [-0.2, -0.15) is 0 Å². The Morgan fingerprint density at radius 1 is 0.905 bits per heavy atom. The molecule has 0 unspecified atom stereocenters. The van der Waals surface area contributed by atoms with Gasteiger partial charge in [0.05, 0.1) is 14.2 Å². The number of ketones is 1. The van der Waals surface area contributed by atoms with Crippen LogP contribution >= 0.6 is 0 Å². The maximum atomic E-state index is 12.7. The number of ether oxygens (including phenoxy) is 2. The molecule has 0 bridgehead atoms. The minimum Gasteiger partial charge on any atom is -0.497 e. The van der Waals surface area contributed by atoms with Gasteiger partial charge in [0.2, 0.25) is 0 Å². The van der Waals surface area contributed by atoms with Gasteiger partial charge in [0.15, 0.2) is 5.78 Å². The molecule has 2 aromatic carbocycles. The molecule has 3 nitrogen and oxygen atoms in total. The molecule has 0 aliphatic heterocycles. The normalized spacial score (nSPS) is 11.8. The topological polar surface area (TPSA) is 35.5 Å². The highest BCUT2D eigenvalue weighted by molar-refractivity contribution is 6.01. The molecular formula is C18H20O3. The Hall–Kier alpha value is -2.29. The number of carbonyl (C=O) groups is 1. The van der Waals surface area contributed by atoms with E-state index < -0.39 is 0 Å². The fourth-order valence-corrected chi connectivity index (χ4v) is 2.37. The van der Waals surface area contributed by atoms with Gasteiger partial charge in [-0.05, 0) is 48.4 Å². The molecule has 0 saturated carbocycles. The van der Waals surface area contributed by atoms with Crippen LogP contribution in [0, 0.1) is 0 Å². The molecule has 0 aliphatic rings. The van der Waals surface area contributed by atoms with Gasteiger partial charge >= 0.3 is 0 Å². The summed E-state index contributed by atoms with van der Waals surface area (Å²) in [5.41, 5.74) is 1.72. The van der Waals surface area contributed by atoms with Crippen LogP contribution in [0.1, 0.15) is 35.2 Å². The van der Waals surface area contributed by atoms with E-state index in [0.717, 1.165) is 23.5 Å². The van der Waals surface area contributed by atoms with Crippen LogP contribution in [0.4, 0.5) is 0 Å². The lowest BCUT2D eigenvalue weighted by molar-refractivity contribution is 0.0957. The van der Waals surface area contributed by atoms with Gasteiger partial charge in [-0.1, -0.05) is 19.1 Å². The van der Waals surface area contributed by atoms with Crippen molar-refractivity contribution in [3.8, 4) is 11.5 Å². The number of methoxy groups -OCH3 is 2. The molecule has 1 atom stereocenters. The van der Waals surface area contributed by atoms with Crippen LogP contribution in [-0.2, 0) is 0 Å². The van der Waals surface area contributed by atoms with Crippen molar-refractivity contribution in [3.63, 3.8) is 0 Å². The standard InChI is InChI=1S/C18H20O3/c1-4-17(13-5-9-15(20-2)10-6-13)18(19)14-7-11-16(21-3)12-8-14/h5-12,17H,4H2,1-3H3/t17-/m0/s1. The van der Waals surface area contributed by atoms with Gasteiger partial charge in [-0.15, -0.1) is 0 Å². The summed E-state index contributed by atoms with van der Waals surface area (Å²) in [4.78, 5) is 12.7. The molecule has 0 saturated heterocycles. The third kappa shape index (κ3) is 3.43. The van der Waals surface area contributed by atoms with E-state index in [1.165, 1.54) is 0 Å². The van der Waals surface area contributed by atoms with E-state index in [2.05, 4.69) is 0 Å². The molecular weight excluding hydrogens is 264 g/mol. The summed E-state index contributed by atoms with van der Waals surface area (Å²) < 4.78 is 10.3. The van der Waals surface area contributed by atoms with E-state index in [0.29, 0.717) is 5.56 Å². The SMILES string of the molecule is CC[C@H](C(=O)c1ccc(OC)cc1)c1ccc(OC)cc1. The van der Waals surface area contributed by atoms with Gasteiger partial charge < -0.3 is 9.47 Å². The largest absolute Gasteiger partial charge is 0.497 e. The molecule has 110 valence electrons. The highest BCUT2D eigenvalue weighted by Gasteiger charge is 2.20. The van der Waals surface area contributed by atoms with E-state index in [1.54, 1.807) is 14.2 Å². The minimum absolute atomic E-state index is 0.130. The molecule has 0 heterocycles. The van der Waals surface area contributed by atoms with Crippen LogP contribution in [0.2, 0.25) is 0 Å². The fourth-order valence-electron chi connectivity index (χ4n) is 2.37. The Balaban J connectivity index is 2.24. The van der Waals surface area contributed by atoms with Crippen LogP contribution in [0.3, 0.4) is 0 Å². The highest BCUT2D eigenvalue weighted by Crippen LogP contribution is 2.26. The number of rotatable bonds is 6. The summed E-state index contributed by atoms with van der Waals surface area (Å²) in [5, 5.41) is 0. The zero-order chi connectivity index (χ0) is 15.2. The molecule has 21 heavy (non-hydrogen) atoms. The number of benzene rings is 2. The molecule has 2 aromatic rings. The Bertz CT molecular complexity index is 585. The first-order chi connectivity index (χ1) is 10.2. The molecule has 0 fully saturated rings. The lowest BCUT2D eigenvalue weighted by Gasteiger charge is -2.15. The fraction of sp³-hybridized carbons (Fsp3) is 0.278. The molecule has 0 aromatic heterocycles. The number of hydrogen-bond donors (Lipinski definition) is 0. The summed E-state index contributed by atoms with van der Waals surface area (Å²) in [5.74, 6) is 1.55. The van der Waals surface area contributed by atoms with Crippen molar-refractivity contribution in [2.24, 2.45) is 0 Å². The van der Waals surface area contributed by atoms with E-state index in [9.17, 15) is 4.79 Å². The zero-order valence-electron chi connectivity index (χ0n) is 12.6. The van der Waals surface area contributed by atoms with Crippen molar-refractivity contribution in [1.82, 2.24) is 0 Å². The van der Waals surface area contributed by atoms with Crippen molar-refractivity contribution in [1.29, 1.82) is 0 Å². The van der Waals surface area contributed by atoms with Crippen LogP contribution in [0.25, 0.3) is 0 Å². The molecule has 0 N–H and O–H groups in total. The molecule has 0 spiro atoms. The Kier molecular flexibility index (Phi) is 4.99. The molecule has 2 rings (SSSR count). The third-order valence-electron chi connectivity index (χ3n) is 3.62. The van der Waals surface area contributed by atoms with Crippen LogP contribution < -0.4 is 9.47 Å². The summed E-state index contributed by atoms with van der Waals surface area (Å²) in [6, 6.07) is 14.9. The zero-order valence-corrected chi connectivity index (χ0v) is 12.6. The first-order valence-electron chi connectivity index (χ1n) is 7.01. The predicted octanol–water partition coefficient (Wildman–Crippen LogP) is 4.08. The van der Waals surface area contributed by atoms with Gasteiger partial charge in [-0.25, -0.2) is 0 Å². The first kappa shape index (κ1) is 15.1. The van der Waals surface area contributed by atoms with Gasteiger partial charge in [0.25, 0.3) is 0 Å². The molecule has 0 radical (unpaired) electrons. The summed E-state index contributed by atoms with van der Waals surface area (Å²) in [7, 11) is 3.25. The van der Waals surface area contributed by atoms with Gasteiger partial charge in [-0.3, -0.25) is 4.79 Å². The van der Waals surface area contributed by atoms with Crippen LogP contribution in [-0.4, -0.2) is 20.0 Å². The Morgan fingerprint density at radius 2 is 1.38 bits per heavy atom. The van der Waals surface area contributed by atoms with Crippen molar-refractivity contribution in [3.05, 3.63) is 59.7 Å². The number of hydrogen-bond acceptors (Lipinski definition) is 3. The minimum atomic E-state index is -0.135. The monoisotopic (exact) mass is 284 g/mol. The second-order valence-electron chi connectivity index (χ2n) is 4.83. The third-order valence-corrected chi connectivity index (χ3v) is 3.62. The van der Waals surface area contributed by atoms with Gasteiger partial charge in [0, 0.05) is 11.5 Å². The van der Waals surface area contributed by atoms with Crippen molar-refractivity contribution in [2.75, 3.05) is 14.2 Å². The molecule has 3 heteroatoms. The average Bonchev–Trinajstić information content (AvgIpc) is 2.56. The maximum absolute atomic E-state index is 12.7. The van der Waals surface area contributed by atoms with Crippen molar-refractivity contribution >= 4 is 5.78 Å². The number of carbonyl (C=O) groups excluding carboxylic acids is 1. The van der Waals surface area contributed by atoms with E-state index in [1.807, 2.05) is 55.5 Å².